The highest BCUT2D eigenvalue weighted by molar-refractivity contribution is 9.10. The van der Waals surface area contributed by atoms with Crippen LogP contribution in [-0.4, -0.2) is 30.4 Å². The number of benzene rings is 2. The summed E-state index contributed by atoms with van der Waals surface area (Å²) < 4.78 is 14.3. The molecule has 130 valence electrons. The Morgan fingerprint density at radius 1 is 1.28 bits per heavy atom. The summed E-state index contributed by atoms with van der Waals surface area (Å²) >= 11 is 3.65. The standard InChI is InChI=1S/C20H21BrNO3/c1-3-24-20(23)12-15-6-4-5-7-19(15)25-13-14-10-17(21)16-8-9-22(2)18(16)11-14/h4-7,9-11H,3,8,12-13H2,1-2H3/q+1. The molecule has 0 unspecified atom stereocenters. The van der Waals surface area contributed by atoms with Gasteiger partial charge in [-0.15, -0.1) is 0 Å². The first-order chi connectivity index (χ1) is 12.1. The van der Waals surface area contributed by atoms with E-state index in [1.165, 1.54) is 11.3 Å². The van der Waals surface area contributed by atoms with Crippen LogP contribution in [0.3, 0.4) is 0 Å². The Morgan fingerprint density at radius 3 is 2.88 bits per heavy atom. The highest BCUT2D eigenvalue weighted by atomic mass is 79.9. The number of hydrogen-bond acceptors (Lipinski definition) is 3. The Kier molecular flexibility index (Phi) is 5.53. The molecule has 1 aliphatic heterocycles. The van der Waals surface area contributed by atoms with Gasteiger partial charge >= 0.3 is 5.97 Å². The lowest BCUT2D eigenvalue weighted by Crippen LogP contribution is -2.09. The Morgan fingerprint density at radius 2 is 2.08 bits per heavy atom. The number of fused-ring (bicyclic) bond motifs is 1. The van der Waals surface area contributed by atoms with Crippen molar-refractivity contribution in [3.05, 3.63) is 57.6 Å². The van der Waals surface area contributed by atoms with Crippen LogP contribution in [0.4, 0.5) is 5.69 Å². The first-order valence-electron chi connectivity index (χ1n) is 8.32. The monoisotopic (exact) mass is 402 g/mol. The number of hydrogen-bond donors (Lipinski definition) is 0. The van der Waals surface area contributed by atoms with E-state index in [9.17, 15) is 4.79 Å². The molecule has 0 N–H and O–H groups in total. The molecule has 0 atom stereocenters. The molecule has 0 spiro atoms. The number of halogens is 1. The van der Waals surface area contributed by atoms with E-state index < -0.39 is 0 Å². The molecule has 0 aromatic heterocycles. The molecule has 4 nitrogen and oxygen atoms in total. The van der Waals surface area contributed by atoms with E-state index >= 15 is 0 Å². The minimum Gasteiger partial charge on any atom is -0.489 e. The molecule has 25 heavy (non-hydrogen) atoms. The lowest BCUT2D eigenvalue weighted by atomic mass is 10.1. The molecule has 3 rings (SSSR count). The topological polar surface area (TPSA) is 38.5 Å². The second-order valence-corrected chi connectivity index (χ2v) is 6.81. The molecule has 0 saturated carbocycles. The van der Waals surface area contributed by atoms with Crippen molar-refractivity contribution in [1.82, 2.24) is 0 Å². The predicted octanol–water partition coefficient (Wildman–Crippen LogP) is 4.03. The van der Waals surface area contributed by atoms with E-state index in [2.05, 4.69) is 45.9 Å². The summed E-state index contributed by atoms with van der Waals surface area (Å²) in [6, 6.07) is 11.8. The summed E-state index contributed by atoms with van der Waals surface area (Å²) in [5, 5.41) is 0. The van der Waals surface area contributed by atoms with Crippen LogP contribution in [0.15, 0.2) is 40.9 Å². The summed E-state index contributed by atoms with van der Waals surface area (Å²) in [4.78, 5) is 11.8. The van der Waals surface area contributed by atoms with Crippen molar-refractivity contribution in [3.8, 4) is 5.75 Å². The lowest BCUT2D eigenvalue weighted by Gasteiger charge is -2.12. The zero-order chi connectivity index (χ0) is 17.8. The Labute approximate surface area is 156 Å². The average molecular weight is 403 g/mol. The van der Waals surface area contributed by atoms with Crippen LogP contribution >= 0.6 is 15.9 Å². The molecule has 0 fully saturated rings. The van der Waals surface area contributed by atoms with E-state index in [-0.39, 0.29) is 12.4 Å². The molecule has 0 bridgehead atoms. The number of para-hydroxylation sites is 1. The van der Waals surface area contributed by atoms with Crippen molar-refractivity contribution in [2.45, 2.75) is 26.4 Å². The van der Waals surface area contributed by atoms with E-state index in [0.29, 0.717) is 19.0 Å². The Hall–Kier alpha value is -2.14. The van der Waals surface area contributed by atoms with Gasteiger partial charge in [0, 0.05) is 21.7 Å². The van der Waals surface area contributed by atoms with Gasteiger partial charge in [-0.2, -0.15) is 0 Å². The van der Waals surface area contributed by atoms with E-state index in [0.717, 1.165) is 22.0 Å². The fourth-order valence-corrected chi connectivity index (χ4v) is 3.58. The molecule has 2 aromatic rings. The van der Waals surface area contributed by atoms with Gasteiger partial charge in [-0.25, -0.2) is 4.58 Å². The zero-order valence-corrected chi connectivity index (χ0v) is 16.0. The van der Waals surface area contributed by atoms with Crippen molar-refractivity contribution in [1.29, 1.82) is 0 Å². The number of carbonyl (C=O) groups is 1. The first kappa shape index (κ1) is 17.7. The van der Waals surface area contributed by atoms with Gasteiger partial charge in [0.2, 0.25) is 5.69 Å². The number of ether oxygens (including phenoxy) is 2. The van der Waals surface area contributed by atoms with E-state index in [1.807, 2.05) is 24.3 Å². The largest absolute Gasteiger partial charge is 0.489 e. The summed E-state index contributed by atoms with van der Waals surface area (Å²) in [7, 11) is 2.05. The highest BCUT2D eigenvalue weighted by Crippen LogP contribution is 2.32. The molecular formula is C20H21BrNO3+. The number of esters is 1. The van der Waals surface area contributed by atoms with Crippen LogP contribution in [0.1, 0.15) is 23.6 Å². The molecule has 0 amide bonds. The zero-order valence-electron chi connectivity index (χ0n) is 14.4. The van der Waals surface area contributed by atoms with Crippen LogP contribution < -0.4 is 4.74 Å². The maximum atomic E-state index is 11.8. The molecule has 0 aliphatic carbocycles. The normalized spacial score (nSPS) is 12.5. The summed E-state index contributed by atoms with van der Waals surface area (Å²) in [6.07, 6.45) is 3.32. The molecular weight excluding hydrogens is 382 g/mol. The fraction of sp³-hybridized carbons (Fsp3) is 0.300. The van der Waals surface area contributed by atoms with Crippen molar-refractivity contribution >= 4 is 33.8 Å². The fourth-order valence-electron chi connectivity index (χ4n) is 2.92. The van der Waals surface area contributed by atoms with Crippen molar-refractivity contribution in [3.63, 3.8) is 0 Å². The molecule has 0 saturated heterocycles. The van der Waals surface area contributed by atoms with Gasteiger partial charge in [-0.05, 0) is 24.6 Å². The minimum atomic E-state index is -0.240. The van der Waals surface area contributed by atoms with E-state index in [4.69, 9.17) is 9.47 Å². The van der Waals surface area contributed by atoms with Crippen molar-refractivity contribution in [2.75, 3.05) is 13.7 Å². The minimum absolute atomic E-state index is 0.218. The number of carbonyl (C=O) groups excluding carboxylic acids is 1. The second kappa shape index (κ2) is 7.83. The molecule has 0 radical (unpaired) electrons. The van der Waals surface area contributed by atoms with Gasteiger partial charge in [0.15, 0.2) is 0 Å². The summed E-state index contributed by atoms with van der Waals surface area (Å²) in [5.41, 5.74) is 4.42. The highest BCUT2D eigenvalue weighted by Gasteiger charge is 2.22. The van der Waals surface area contributed by atoms with Crippen LogP contribution in [0.25, 0.3) is 0 Å². The summed E-state index contributed by atoms with van der Waals surface area (Å²) in [6.45, 7) is 2.63. The third-order valence-electron chi connectivity index (χ3n) is 4.19. The van der Waals surface area contributed by atoms with Gasteiger partial charge in [-0.3, -0.25) is 4.79 Å². The maximum Gasteiger partial charge on any atom is 0.310 e. The van der Waals surface area contributed by atoms with Crippen LogP contribution in [0.5, 0.6) is 5.75 Å². The first-order valence-corrected chi connectivity index (χ1v) is 9.11. The van der Waals surface area contributed by atoms with Gasteiger partial charge in [-0.1, -0.05) is 34.1 Å². The smallest absolute Gasteiger partial charge is 0.310 e. The maximum absolute atomic E-state index is 11.8. The van der Waals surface area contributed by atoms with Crippen LogP contribution in [0, 0.1) is 0 Å². The third-order valence-corrected chi connectivity index (χ3v) is 4.90. The quantitative estimate of drug-likeness (QED) is 0.540. The van der Waals surface area contributed by atoms with Crippen LogP contribution in [-0.2, 0) is 29.0 Å². The third kappa shape index (κ3) is 4.10. The average Bonchev–Trinajstić information content (AvgIpc) is 2.96. The van der Waals surface area contributed by atoms with Gasteiger partial charge in [0.1, 0.15) is 25.6 Å². The van der Waals surface area contributed by atoms with Gasteiger partial charge in [0.05, 0.1) is 19.4 Å². The molecule has 2 aromatic carbocycles. The molecule has 5 heteroatoms. The van der Waals surface area contributed by atoms with Crippen molar-refractivity contribution < 1.29 is 18.8 Å². The Bertz CT molecular complexity index is 830. The predicted molar refractivity (Wildman–Crippen MR) is 101 cm³/mol. The molecule has 1 heterocycles. The lowest BCUT2D eigenvalue weighted by molar-refractivity contribution is -0.396. The van der Waals surface area contributed by atoms with Gasteiger partial charge < -0.3 is 9.47 Å². The molecule has 1 aliphatic rings. The Balaban J connectivity index is 1.74. The summed E-state index contributed by atoms with van der Waals surface area (Å²) in [5.74, 6) is 0.475. The number of nitrogens with zero attached hydrogens (tertiary/aromatic N) is 1. The van der Waals surface area contributed by atoms with Gasteiger partial charge in [0.25, 0.3) is 0 Å². The van der Waals surface area contributed by atoms with Crippen LogP contribution in [0.2, 0.25) is 0 Å². The second-order valence-electron chi connectivity index (χ2n) is 5.95. The van der Waals surface area contributed by atoms with Crippen molar-refractivity contribution in [2.24, 2.45) is 0 Å². The van der Waals surface area contributed by atoms with E-state index in [1.54, 1.807) is 6.92 Å². The number of rotatable bonds is 6. The SMILES string of the molecule is CCOC(=O)Cc1ccccc1OCc1cc(Br)c2c(c1)[N+](C)=CC2.